The highest BCUT2D eigenvalue weighted by Gasteiger charge is 2.23. The first-order valence-corrected chi connectivity index (χ1v) is 8.70. The molecule has 0 aliphatic heterocycles. The van der Waals surface area contributed by atoms with E-state index in [9.17, 15) is 0 Å². The Bertz CT molecular complexity index is 683. The summed E-state index contributed by atoms with van der Waals surface area (Å²) in [5.74, 6) is 1.46. The molecule has 0 atom stereocenters. The van der Waals surface area contributed by atoms with Gasteiger partial charge in [-0.3, -0.25) is 0 Å². The van der Waals surface area contributed by atoms with Crippen molar-refractivity contribution in [2.24, 2.45) is 0 Å². The van der Waals surface area contributed by atoms with Crippen molar-refractivity contribution in [1.29, 1.82) is 0 Å². The zero-order chi connectivity index (χ0) is 15.8. The molecule has 2 aromatic rings. The van der Waals surface area contributed by atoms with Crippen LogP contribution in [0.15, 0.2) is 22.7 Å². The Balaban J connectivity index is 2.70. The second kappa shape index (κ2) is 6.38. The monoisotopic (exact) mass is 479 g/mol. The number of benzene rings is 1. The van der Waals surface area contributed by atoms with Gasteiger partial charge in [0.25, 0.3) is 0 Å². The van der Waals surface area contributed by atoms with E-state index in [4.69, 9.17) is 16.6 Å². The molecule has 1 N–H and O–H groups in total. The minimum absolute atomic E-state index is 0.0678. The minimum Gasteiger partial charge on any atom is -0.372 e. The maximum absolute atomic E-state index is 6.33. The fourth-order valence-electron chi connectivity index (χ4n) is 1.90. The Labute approximate surface area is 152 Å². The van der Waals surface area contributed by atoms with Crippen LogP contribution in [0.3, 0.4) is 0 Å². The number of nitrogens with zero attached hydrogens (tertiary/aromatic N) is 2. The molecule has 0 amide bonds. The van der Waals surface area contributed by atoms with Crippen LogP contribution in [0.2, 0.25) is 5.02 Å². The van der Waals surface area contributed by atoms with Crippen molar-refractivity contribution >= 4 is 55.9 Å². The number of rotatable bonds is 2. The fraction of sp³-hybridized carbons (Fsp3) is 0.333. The molecule has 6 heteroatoms. The molecule has 2 rings (SSSR count). The van der Waals surface area contributed by atoms with Crippen molar-refractivity contribution in [2.45, 2.75) is 26.2 Å². The van der Waals surface area contributed by atoms with E-state index in [0.717, 1.165) is 25.1 Å². The summed E-state index contributed by atoms with van der Waals surface area (Å²) >= 11 is 12.0. The first-order valence-electron chi connectivity index (χ1n) is 6.45. The average Bonchev–Trinajstić information content (AvgIpc) is 2.38. The second-order valence-electron chi connectivity index (χ2n) is 5.68. The smallest absolute Gasteiger partial charge is 0.163 e. The predicted octanol–water partition coefficient (Wildman–Crippen LogP) is 5.50. The van der Waals surface area contributed by atoms with E-state index in [1.807, 2.05) is 25.2 Å². The molecule has 0 saturated heterocycles. The van der Waals surface area contributed by atoms with E-state index < -0.39 is 0 Å². The van der Waals surface area contributed by atoms with Gasteiger partial charge < -0.3 is 5.32 Å². The van der Waals surface area contributed by atoms with Crippen LogP contribution in [0, 0.1) is 3.57 Å². The van der Waals surface area contributed by atoms with Gasteiger partial charge in [0.05, 0.1) is 14.3 Å². The van der Waals surface area contributed by atoms with Crippen LogP contribution in [-0.2, 0) is 5.41 Å². The quantitative estimate of drug-likeness (QED) is 0.577. The van der Waals surface area contributed by atoms with E-state index in [1.165, 1.54) is 0 Å². The highest BCUT2D eigenvalue weighted by molar-refractivity contribution is 14.1. The maximum Gasteiger partial charge on any atom is 0.163 e. The Morgan fingerprint density at radius 1 is 1.24 bits per heavy atom. The molecule has 0 aliphatic rings. The van der Waals surface area contributed by atoms with E-state index in [-0.39, 0.29) is 5.41 Å². The van der Waals surface area contributed by atoms with Gasteiger partial charge in [0, 0.05) is 22.5 Å². The molecule has 0 fully saturated rings. The van der Waals surface area contributed by atoms with Crippen LogP contribution in [0.1, 0.15) is 26.5 Å². The average molecular weight is 481 g/mol. The summed E-state index contributed by atoms with van der Waals surface area (Å²) in [5, 5.41) is 3.77. The van der Waals surface area contributed by atoms with Gasteiger partial charge in [-0.1, -0.05) is 48.3 Å². The summed E-state index contributed by atoms with van der Waals surface area (Å²) in [4.78, 5) is 9.35. The predicted molar refractivity (Wildman–Crippen MR) is 101 cm³/mol. The second-order valence-corrected chi connectivity index (χ2v) is 8.08. The van der Waals surface area contributed by atoms with Crippen molar-refractivity contribution in [1.82, 2.24) is 9.97 Å². The highest BCUT2D eigenvalue weighted by atomic mass is 127. The SMILES string of the molecule is CNc1nc(-c2ccc(Br)cc2Cl)nc(C(C)(C)C)c1I. The summed E-state index contributed by atoms with van der Waals surface area (Å²) in [6.07, 6.45) is 0. The van der Waals surface area contributed by atoms with Gasteiger partial charge in [-0.05, 0) is 40.8 Å². The van der Waals surface area contributed by atoms with Crippen LogP contribution in [-0.4, -0.2) is 17.0 Å². The third kappa shape index (κ3) is 3.68. The zero-order valence-corrected chi connectivity index (χ0v) is 16.8. The molecular weight excluding hydrogens is 464 g/mol. The molecule has 0 saturated carbocycles. The highest BCUT2D eigenvalue weighted by Crippen LogP contribution is 2.34. The van der Waals surface area contributed by atoms with Gasteiger partial charge in [0.1, 0.15) is 5.82 Å². The lowest BCUT2D eigenvalue weighted by molar-refractivity contribution is 0.564. The van der Waals surface area contributed by atoms with Gasteiger partial charge in [0.2, 0.25) is 0 Å². The van der Waals surface area contributed by atoms with E-state index >= 15 is 0 Å². The van der Waals surface area contributed by atoms with Crippen molar-refractivity contribution in [2.75, 3.05) is 12.4 Å². The minimum atomic E-state index is -0.0678. The number of halogens is 3. The number of hydrogen-bond acceptors (Lipinski definition) is 3. The van der Waals surface area contributed by atoms with Crippen molar-refractivity contribution in [3.63, 3.8) is 0 Å². The fourth-order valence-corrected chi connectivity index (χ4v) is 3.98. The Morgan fingerprint density at radius 2 is 1.90 bits per heavy atom. The topological polar surface area (TPSA) is 37.8 Å². The summed E-state index contributed by atoms with van der Waals surface area (Å²) in [6, 6.07) is 5.73. The zero-order valence-electron chi connectivity index (χ0n) is 12.3. The van der Waals surface area contributed by atoms with Gasteiger partial charge in [-0.2, -0.15) is 0 Å². The standard InChI is InChI=1S/C15H16BrClIN3/c1-15(2,3)12-11(18)14(19-4)21-13(20-12)9-6-5-8(16)7-10(9)17/h5-7H,1-4H3,(H,19,20,21). The molecule has 21 heavy (non-hydrogen) atoms. The molecule has 1 aromatic carbocycles. The van der Waals surface area contributed by atoms with Gasteiger partial charge in [0.15, 0.2) is 5.82 Å². The van der Waals surface area contributed by atoms with Crippen LogP contribution in [0.25, 0.3) is 11.4 Å². The molecule has 112 valence electrons. The molecule has 0 unspecified atom stereocenters. The van der Waals surface area contributed by atoms with E-state index in [2.05, 4.69) is 69.6 Å². The van der Waals surface area contributed by atoms with E-state index in [0.29, 0.717) is 10.8 Å². The van der Waals surface area contributed by atoms with Crippen molar-refractivity contribution < 1.29 is 0 Å². The van der Waals surface area contributed by atoms with Crippen LogP contribution < -0.4 is 5.32 Å². The first-order chi connectivity index (χ1) is 9.74. The summed E-state index contributed by atoms with van der Waals surface area (Å²) in [6.45, 7) is 6.43. The van der Waals surface area contributed by atoms with Gasteiger partial charge in [-0.15, -0.1) is 0 Å². The summed E-state index contributed by atoms with van der Waals surface area (Å²) in [7, 11) is 1.86. The lowest BCUT2D eigenvalue weighted by Crippen LogP contribution is -2.18. The number of hydrogen-bond donors (Lipinski definition) is 1. The molecule has 0 bridgehead atoms. The Hall–Kier alpha value is -0.400. The van der Waals surface area contributed by atoms with Crippen LogP contribution in [0.5, 0.6) is 0 Å². The molecule has 1 aromatic heterocycles. The lowest BCUT2D eigenvalue weighted by Gasteiger charge is -2.22. The molecular formula is C15H16BrClIN3. The summed E-state index contributed by atoms with van der Waals surface area (Å²) < 4.78 is 1.98. The normalized spacial score (nSPS) is 11.6. The lowest BCUT2D eigenvalue weighted by atomic mass is 9.91. The number of anilines is 1. The first kappa shape index (κ1) is 17.0. The Morgan fingerprint density at radius 3 is 2.43 bits per heavy atom. The van der Waals surface area contributed by atoms with Crippen molar-refractivity contribution in [3.8, 4) is 11.4 Å². The number of aromatic nitrogens is 2. The van der Waals surface area contributed by atoms with Crippen LogP contribution >= 0.6 is 50.1 Å². The molecule has 0 radical (unpaired) electrons. The molecule has 0 spiro atoms. The van der Waals surface area contributed by atoms with Gasteiger partial charge >= 0.3 is 0 Å². The third-order valence-electron chi connectivity index (χ3n) is 2.97. The molecule has 3 nitrogen and oxygen atoms in total. The third-order valence-corrected chi connectivity index (χ3v) is 4.80. The maximum atomic E-state index is 6.33. The Kier molecular flexibility index (Phi) is 5.15. The number of nitrogens with one attached hydrogen (secondary N) is 1. The summed E-state index contributed by atoms with van der Waals surface area (Å²) in [5.41, 5.74) is 1.77. The van der Waals surface area contributed by atoms with E-state index in [1.54, 1.807) is 0 Å². The van der Waals surface area contributed by atoms with Crippen molar-refractivity contribution in [3.05, 3.63) is 37.0 Å². The van der Waals surface area contributed by atoms with Gasteiger partial charge in [-0.25, -0.2) is 9.97 Å². The molecule has 0 aliphatic carbocycles. The van der Waals surface area contributed by atoms with Crippen LogP contribution in [0.4, 0.5) is 5.82 Å². The largest absolute Gasteiger partial charge is 0.372 e. The molecule has 1 heterocycles.